The number of piperidine rings is 1. The average Bonchev–Trinajstić information content (AvgIpc) is 3.14. The van der Waals surface area contributed by atoms with E-state index in [1.165, 1.54) is 21.1 Å². The normalized spacial score (nSPS) is 18.7. The molecule has 2 aromatic rings. The number of esters is 2. The van der Waals surface area contributed by atoms with Gasteiger partial charge in [-0.25, -0.2) is 0 Å². The smallest absolute Gasteiger partial charge is 0.306 e. The second-order valence-corrected chi connectivity index (χ2v) is 13.1. The highest BCUT2D eigenvalue weighted by Crippen LogP contribution is 2.45. The summed E-state index contributed by atoms with van der Waals surface area (Å²) in [7, 11) is 3.06. The van der Waals surface area contributed by atoms with Gasteiger partial charge in [-0.2, -0.15) is 0 Å². The molecule has 256 valence electrons. The third-order valence-electron chi connectivity index (χ3n) is 8.46. The Kier molecular flexibility index (Phi) is 12.1. The number of carbonyl (C=O) groups excluding carboxylic acids is 4. The van der Waals surface area contributed by atoms with Crippen LogP contribution in [0.1, 0.15) is 70.6 Å². The first-order chi connectivity index (χ1) is 22.4. The summed E-state index contributed by atoms with van der Waals surface area (Å²) in [6, 6.07) is 10.6. The molecule has 0 radical (unpaired) electrons. The number of likely N-dealkylation sites (tertiary alicyclic amines) is 1. The number of anilines is 1. The lowest BCUT2D eigenvalue weighted by Gasteiger charge is -2.34. The van der Waals surface area contributed by atoms with Gasteiger partial charge in [-0.05, 0) is 49.9 Å². The quantitative estimate of drug-likeness (QED) is 0.275. The Morgan fingerprint density at radius 1 is 1.00 bits per heavy atom. The van der Waals surface area contributed by atoms with Crippen LogP contribution in [0.25, 0.3) is 0 Å². The highest BCUT2D eigenvalue weighted by atomic mass is 35.5. The van der Waals surface area contributed by atoms with E-state index in [0.29, 0.717) is 72.3 Å². The van der Waals surface area contributed by atoms with Crippen LogP contribution in [-0.2, 0) is 33.4 Å². The molecule has 1 saturated heterocycles. The van der Waals surface area contributed by atoms with Gasteiger partial charge in [0.25, 0.3) is 5.91 Å². The maximum absolute atomic E-state index is 14.5. The number of halogens is 1. The number of methoxy groups -OCH3 is 2. The molecule has 0 aromatic heterocycles. The highest BCUT2D eigenvalue weighted by molar-refractivity contribution is 6.30. The number of rotatable bonds is 12. The summed E-state index contributed by atoms with van der Waals surface area (Å²) in [5, 5.41) is 0.436. The minimum absolute atomic E-state index is 0.0768. The maximum Gasteiger partial charge on any atom is 0.306 e. The van der Waals surface area contributed by atoms with E-state index < -0.39 is 29.5 Å². The molecular weight excluding hydrogens is 628 g/mol. The Morgan fingerprint density at radius 2 is 1.72 bits per heavy atom. The predicted molar refractivity (Wildman–Crippen MR) is 176 cm³/mol. The fourth-order valence-electron chi connectivity index (χ4n) is 6.13. The summed E-state index contributed by atoms with van der Waals surface area (Å²) in [5.41, 5.74) is 1.11. The molecule has 4 rings (SSSR count). The van der Waals surface area contributed by atoms with Gasteiger partial charge in [0.15, 0.2) is 11.5 Å². The van der Waals surface area contributed by atoms with Gasteiger partial charge in [-0.15, -0.1) is 0 Å². The van der Waals surface area contributed by atoms with Gasteiger partial charge in [-0.1, -0.05) is 37.6 Å². The van der Waals surface area contributed by atoms with Crippen molar-refractivity contribution in [2.24, 2.45) is 11.3 Å². The molecule has 0 saturated carbocycles. The van der Waals surface area contributed by atoms with Gasteiger partial charge >= 0.3 is 11.9 Å². The van der Waals surface area contributed by atoms with Crippen molar-refractivity contribution in [1.82, 2.24) is 4.90 Å². The third-order valence-corrected chi connectivity index (χ3v) is 8.70. The summed E-state index contributed by atoms with van der Waals surface area (Å²) in [6.07, 6.45) is -0.582. The van der Waals surface area contributed by atoms with Crippen molar-refractivity contribution in [3.05, 3.63) is 52.5 Å². The van der Waals surface area contributed by atoms with Crippen molar-refractivity contribution in [3.63, 3.8) is 0 Å². The number of fused-ring (bicyclic) bond motifs is 1. The second kappa shape index (κ2) is 15.8. The molecule has 47 heavy (non-hydrogen) atoms. The van der Waals surface area contributed by atoms with Gasteiger partial charge in [0.1, 0.15) is 12.2 Å². The number of hydrogen-bond acceptors (Lipinski definition) is 9. The average molecular weight is 673 g/mol. The van der Waals surface area contributed by atoms with Crippen LogP contribution in [0.15, 0.2) is 36.4 Å². The minimum Gasteiger partial charge on any atom is -0.493 e. The largest absolute Gasteiger partial charge is 0.493 e. The van der Waals surface area contributed by atoms with Crippen LogP contribution in [0.2, 0.25) is 5.02 Å². The predicted octanol–water partition coefficient (Wildman–Crippen LogP) is 5.35. The van der Waals surface area contributed by atoms with Crippen LogP contribution >= 0.6 is 11.6 Å². The molecule has 0 N–H and O–H groups in total. The topological polar surface area (TPSA) is 121 Å². The number of benzene rings is 2. The molecule has 11 nitrogen and oxygen atoms in total. The van der Waals surface area contributed by atoms with Crippen molar-refractivity contribution >= 4 is 41.0 Å². The van der Waals surface area contributed by atoms with Gasteiger partial charge in [-0.3, -0.25) is 19.2 Å². The second-order valence-electron chi connectivity index (χ2n) is 12.7. The zero-order valence-corrected chi connectivity index (χ0v) is 28.8. The summed E-state index contributed by atoms with van der Waals surface area (Å²) in [5.74, 6) is -0.244. The fraction of sp³-hybridized carbons (Fsp3) is 0.543. The molecule has 0 aliphatic carbocycles. The minimum atomic E-state index is -1.17. The van der Waals surface area contributed by atoms with E-state index in [0.717, 1.165) is 0 Å². The Labute approximate surface area is 281 Å². The molecule has 0 unspecified atom stereocenters. The van der Waals surface area contributed by atoms with Crippen molar-refractivity contribution in [3.8, 4) is 11.5 Å². The number of carbonyl (C=O) groups is 4. The first kappa shape index (κ1) is 36.0. The molecule has 2 amide bonds. The zero-order valence-electron chi connectivity index (χ0n) is 28.0. The molecule has 2 atom stereocenters. The van der Waals surface area contributed by atoms with Crippen LogP contribution in [0.5, 0.6) is 11.5 Å². The summed E-state index contributed by atoms with van der Waals surface area (Å²) in [4.78, 5) is 55.3. The van der Waals surface area contributed by atoms with Crippen molar-refractivity contribution in [2.75, 3.05) is 52.0 Å². The van der Waals surface area contributed by atoms with Crippen LogP contribution < -0.4 is 14.4 Å². The van der Waals surface area contributed by atoms with Crippen molar-refractivity contribution in [1.29, 1.82) is 0 Å². The molecule has 2 aliphatic heterocycles. The Hall–Kier alpha value is -3.83. The van der Waals surface area contributed by atoms with E-state index in [1.807, 2.05) is 19.9 Å². The number of hydrogen-bond donors (Lipinski definition) is 0. The van der Waals surface area contributed by atoms with Crippen LogP contribution in [-0.4, -0.2) is 81.8 Å². The Balaban J connectivity index is 1.70. The lowest BCUT2D eigenvalue weighted by molar-refractivity contribution is -0.147. The summed E-state index contributed by atoms with van der Waals surface area (Å²) >= 11 is 6.54. The summed E-state index contributed by atoms with van der Waals surface area (Å²) < 4.78 is 28.4. The van der Waals surface area contributed by atoms with E-state index in [-0.39, 0.29) is 37.4 Å². The van der Waals surface area contributed by atoms with E-state index in [9.17, 15) is 19.2 Å². The van der Waals surface area contributed by atoms with Crippen LogP contribution in [0.4, 0.5) is 5.69 Å². The van der Waals surface area contributed by atoms with E-state index in [1.54, 1.807) is 47.1 Å². The molecule has 2 aliphatic rings. The highest BCUT2D eigenvalue weighted by Gasteiger charge is 2.42. The van der Waals surface area contributed by atoms with Gasteiger partial charge < -0.3 is 33.5 Å². The van der Waals surface area contributed by atoms with Crippen LogP contribution in [0, 0.1) is 11.3 Å². The first-order valence-corrected chi connectivity index (χ1v) is 16.3. The van der Waals surface area contributed by atoms with E-state index in [2.05, 4.69) is 0 Å². The van der Waals surface area contributed by atoms with Crippen molar-refractivity contribution < 1.29 is 42.9 Å². The lowest BCUT2D eigenvalue weighted by Crippen LogP contribution is -2.48. The monoisotopic (exact) mass is 672 g/mol. The fourth-order valence-corrected chi connectivity index (χ4v) is 6.31. The van der Waals surface area contributed by atoms with Gasteiger partial charge in [0, 0.05) is 60.2 Å². The number of para-hydroxylation sites is 1. The number of nitrogens with zero attached hydrogens (tertiary/aromatic N) is 2. The molecule has 0 bridgehead atoms. The van der Waals surface area contributed by atoms with E-state index in [4.69, 9.17) is 35.3 Å². The first-order valence-electron chi connectivity index (χ1n) is 15.9. The van der Waals surface area contributed by atoms with Crippen molar-refractivity contribution in [2.45, 2.75) is 65.6 Å². The Bertz CT molecular complexity index is 1450. The third kappa shape index (κ3) is 8.96. The maximum atomic E-state index is 14.5. The SMILES string of the molecule is CCOC(=O)CC1CCN(C(=O)C[C@H]2O[C@H](c3cccc(OC)c3OC)c3cc(Cl)ccc3N(CC(C)(C)COC(C)=O)C2=O)CC1. The van der Waals surface area contributed by atoms with Gasteiger partial charge in [0.2, 0.25) is 5.91 Å². The standard InChI is InChI=1S/C35H45ClN2O9/c1-7-45-31(41)17-23-13-15-37(16-14-23)30(40)19-29-34(42)38(20-35(3,4)21-46-22(2)39)27-12-11-24(36)18-26(27)32(47-29)25-9-8-10-28(43-5)33(25)44-6/h8-12,18,23,29,32H,7,13-17,19-21H2,1-6H3/t29-,32-/m1/s1. The lowest BCUT2D eigenvalue weighted by atomic mass is 9.92. The molecule has 0 spiro atoms. The number of amides is 2. The zero-order chi connectivity index (χ0) is 34.3. The van der Waals surface area contributed by atoms with E-state index >= 15 is 0 Å². The number of ether oxygens (including phenoxy) is 5. The van der Waals surface area contributed by atoms with Gasteiger partial charge in [0.05, 0.1) is 33.9 Å². The molecule has 2 heterocycles. The van der Waals surface area contributed by atoms with Crippen LogP contribution in [0.3, 0.4) is 0 Å². The molecular formula is C35H45ClN2O9. The Morgan fingerprint density at radius 3 is 2.36 bits per heavy atom. The summed E-state index contributed by atoms with van der Waals surface area (Å²) in [6.45, 7) is 8.42. The molecule has 12 heteroatoms. The molecule has 2 aromatic carbocycles. The molecule has 1 fully saturated rings.